The van der Waals surface area contributed by atoms with Gasteiger partial charge in [-0.1, -0.05) is 35.4 Å². The minimum absolute atomic E-state index is 0. The lowest BCUT2D eigenvalue weighted by atomic mass is 9.93. The van der Waals surface area contributed by atoms with Crippen LogP contribution in [0.15, 0.2) is 36.4 Å². The standard InChI is InChI=1S/C23H30F3NO3.ClH/c1-16-10-17(2)12-19(11-16)4-3-9-30-21-6-5-18(13-20(21)23(24,25)26)7-8-22(27,14-28)15-29;/h5-6,10-13,28-29H,3-4,7-9,14-15,27H2,1-2H3;1H. The molecule has 174 valence electrons. The number of hydrogen-bond donors (Lipinski definition) is 3. The van der Waals surface area contributed by atoms with Crippen molar-refractivity contribution in [1.29, 1.82) is 0 Å². The van der Waals surface area contributed by atoms with E-state index in [1.165, 1.54) is 6.07 Å². The average molecular weight is 462 g/mol. The van der Waals surface area contributed by atoms with E-state index in [0.717, 1.165) is 29.2 Å². The molecule has 8 heteroatoms. The number of halogens is 4. The van der Waals surface area contributed by atoms with E-state index in [9.17, 15) is 23.4 Å². The van der Waals surface area contributed by atoms with Crippen molar-refractivity contribution >= 4 is 12.4 Å². The first-order valence-electron chi connectivity index (χ1n) is 9.97. The maximum absolute atomic E-state index is 13.5. The van der Waals surface area contributed by atoms with Gasteiger partial charge in [-0.05, 0) is 62.8 Å². The molecule has 0 aliphatic rings. The zero-order chi connectivity index (χ0) is 22.4. The molecule has 0 aromatic heterocycles. The Hall–Kier alpha value is -1.80. The molecule has 0 unspecified atom stereocenters. The Labute approximate surface area is 187 Å². The summed E-state index contributed by atoms with van der Waals surface area (Å²) in [5, 5.41) is 18.5. The number of ether oxygens (including phenoxy) is 1. The number of alkyl halides is 3. The fraction of sp³-hybridized carbons (Fsp3) is 0.478. The van der Waals surface area contributed by atoms with E-state index < -0.39 is 30.5 Å². The van der Waals surface area contributed by atoms with Gasteiger partial charge < -0.3 is 20.7 Å². The van der Waals surface area contributed by atoms with Crippen LogP contribution in [0.25, 0.3) is 0 Å². The molecule has 0 aliphatic heterocycles. The summed E-state index contributed by atoms with van der Waals surface area (Å²) in [4.78, 5) is 0. The normalized spacial score (nSPS) is 11.9. The first-order chi connectivity index (χ1) is 14.1. The summed E-state index contributed by atoms with van der Waals surface area (Å²) in [5.41, 5.74) is 7.62. The number of aliphatic hydroxyl groups is 2. The summed E-state index contributed by atoms with van der Waals surface area (Å²) in [5.74, 6) is -0.199. The Morgan fingerprint density at radius 1 is 0.903 bits per heavy atom. The third-order valence-corrected chi connectivity index (χ3v) is 5.04. The minimum Gasteiger partial charge on any atom is -0.493 e. The molecular formula is C23H31ClF3NO3. The molecular weight excluding hydrogens is 431 g/mol. The second-order valence-electron chi connectivity index (χ2n) is 7.95. The first-order valence-corrected chi connectivity index (χ1v) is 9.97. The van der Waals surface area contributed by atoms with Crippen LogP contribution in [-0.2, 0) is 19.0 Å². The molecule has 0 radical (unpaired) electrons. The molecule has 2 aromatic rings. The number of aryl methyl sites for hydroxylation is 4. The summed E-state index contributed by atoms with van der Waals surface area (Å²) in [6.45, 7) is 3.31. The monoisotopic (exact) mass is 461 g/mol. The van der Waals surface area contributed by atoms with E-state index in [-0.39, 0.29) is 37.6 Å². The third-order valence-electron chi connectivity index (χ3n) is 5.04. The van der Waals surface area contributed by atoms with Gasteiger partial charge in [0.2, 0.25) is 0 Å². The van der Waals surface area contributed by atoms with E-state index in [4.69, 9.17) is 10.5 Å². The molecule has 0 amide bonds. The zero-order valence-corrected chi connectivity index (χ0v) is 18.7. The Morgan fingerprint density at radius 3 is 2.06 bits per heavy atom. The maximum atomic E-state index is 13.5. The van der Waals surface area contributed by atoms with Crippen molar-refractivity contribution in [2.45, 2.75) is 51.2 Å². The Bertz CT molecular complexity index is 819. The molecule has 0 aliphatic carbocycles. The maximum Gasteiger partial charge on any atom is 0.419 e. The van der Waals surface area contributed by atoms with Crippen molar-refractivity contribution in [1.82, 2.24) is 0 Å². The van der Waals surface area contributed by atoms with Gasteiger partial charge in [-0.3, -0.25) is 0 Å². The van der Waals surface area contributed by atoms with Crippen LogP contribution in [0, 0.1) is 13.8 Å². The fourth-order valence-corrected chi connectivity index (χ4v) is 3.35. The molecule has 2 rings (SSSR count). The Balaban J connectivity index is 0.00000480. The van der Waals surface area contributed by atoms with E-state index in [1.807, 2.05) is 13.8 Å². The van der Waals surface area contributed by atoms with Crippen LogP contribution in [0.3, 0.4) is 0 Å². The van der Waals surface area contributed by atoms with E-state index in [0.29, 0.717) is 12.0 Å². The lowest BCUT2D eigenvalue weighted by Gasteiger charge is -2.24. The largest absolute Gasteiger partial charge is 0.493 e. The number of nitrogens with two attached hydrogens (primary N) is 1. The van der Waals surface area contributed by atoms with Crippen molar-refractivity contribution in [3.8, 4) is 5.75 Å². The third kappa shape index (κ3) is 8.33. The fourth-order valence-electron chi connectivity index (χ4n) is 3.35. The molecule has 0 spiro atoms. The minimum atomic E-state index is -4.55. The molecule has 0 heterocycles. The van der Waals surface area contributed by atoms with Crippen LogP contribution in [-0.4, -0.2) is 35.6 Å². The number of aliphatic hydroxyl groups excluding tert-OH is 2. The second kappa shape index (κ2) is 11.7. The van der Waals surface area contributed by atoms with Crippen molar-refractivity contribution in [3.63, 3.8) is 0 Å². The van der Waals surface area contributed by atoms with Gasteiger partial charge in [0.15, 0.2) is 0 Å². The van der Waals surface area contributed by atoms with Gasteiger partial charge in [0.1, 0.15) is 5.75 Å². The molecule has 0 fully saturated rings. The SMILES string of the molecule is Cc1cc(C)cc(CCCOc2ccc(CCC(N)(CO)CO)cc2C(F)(F)F)c1.Cl. The number of benzene rings is 2. The lowest BCUT2D eigenvalue weighted by molar-refractivity contribution is -0.139. The number of rotatable bonds is 10. The predicted octanol–water partition coefficient (Wildman–Crippen LogP) is 4.37. The van der Waals surface area contributed by atoms with Gasteiger partial charge in [0, 0.05) is 0 Å². The number of hydrogen-bond acceptors (Lipinski definition) is 4. The molecule has 2 aromatic carbocycles. The van der Waals surface area contributed by atoms with Crippen LogP contribution in [0.5, 0.6) is 5.75 Å². The molecule has 0 saturated carbocycles. The van der Waals surface area contributed by atoms with Crippen LogP contribution in [0.1, 0.15) is 40.7 Å². The van der Waals surface area contributed by atoms with Crippen molar-refractivity contribution in [3.05, 3.63) is 64.2 Å². The van der Waals surface area contributed by atoms with Crippen LogP contribution in [0.2, 0.25) is 0 Å². The highest BCUT2D eigenvalue weighted by Gasteiger charge is 2.35. The van der Waals surface area contributed by atoms with Gasteiger partial charge in [0.05, 0.1) is 30.9 Å². The lowest BCUT2D eigenvalue weighted by Crippen LogP contribution is -2.47. The summed E-state index contributed by atoms with van der Waals surface area (Å²) in [6.07, 6.45) is -2.86. The molecule has 0 saturated heterocycles. The quantitative estimate of drug-likeness (QED) is 0.459. The zero-order valence-electron chi connectivity index (χ0n) is 17.8. The van der Waals surface area contributed by atoms with Crippen LogP contribution >= 0.6 is 12.4 Å². The van der Waals surface area contributed by atoms with Gasteiger partial charge in [0.25, 0.3) is 0 Å². The molecule has 31 heavy (non-hydrogen) atoms. The molecule has 4 N–H and O–H groups in total. The van der Waals surface area contributed by atoms with Crippen LogP contribution < -0.4 is 10.5 Å². The summed E-state index contributed by atoms with van der Waals surface area (Å²) >= 11 is 0. The highest BCUT2D eigenvalue weighted by atomic mass is 35.5. The highest BCUT2D eigenvalue weighted by Crippen LogP contribution is 2.37. The molecule has 0 bridgehead atoms. The van der Waals surface area contributed by atoms with Crippen LogP contribution in [0.4, 0.5) is 13.2 Å². The summed E-state index contributed by atoms with van der Waals surface area (Å²) < 4.78 is 46.0. The second-order valence-corrected chi connectivity index (χ2v) is 7.95. The Morgan fingerprint density at radius 2 is 1.52 bits per heavy atom. The smallest absolute Gasteiger partial charge is 0.419 e. The first kappa shape index (κ1) is 27.2. The van der Waals surface area contributed by atoms with Crippen molar-refractivity contribution in [2.24, 2.45) is 5.73 Å². The van der Waals surface area contributed by atoms with E-state index in [1.54, 1.807) is 6.07 Å². The van der Waals surface area contributed by atoms with E-state index in [2.05, 4.69) is 18.2 Å². The molecule has 4 nitrogen and oxygen atoms in total. The van der Waals surface area contributed by atoms with Crippen molar-refractivity contribution in [2.75, 3.05) is 19.8 Å². The summed E-state index contributed by atoms with van der Waals surface area (Å²) in [7, 11) is 0. The summed E-state index contributed by atoms with van der Waals surface area (Å²) in [6, 6.07) is 10.1. The van der Waals surface area contributed by atoms with Crippen molar-refractivity contribution < 1.29 is 28.1 Å². The van der Waals surface area contributed by atoms with Gasteiger partial charge in [-0.2, -0.15) is 13.2 Å². The van der Waals surface area contributed by atoms with Gasteiger partial charge >= 0.3 is 6.18 Å². The Kier molecular flexibility index (Phi) is 10.3. The average Bonchev–Trinajstić information content (AvgIpc) is 2.68. The van der Waals surface area contributed by atoms with Gasteiger partial charge in [-0.15, -0.1) is 12.4 Å². The van der Waals surface area contributed by atoms with E-state index >= 15 is 0 Å². The predicted molar refractivity (Wildman–Crippen MR) is 118 cm³/mol. The molecule has 0 atom stereocenters. The highest BCUT2D eigenvalue weighted by molar-refractivity contribution is 5.85. The van der Waals surface area contributed by atoms with Gasteiger partial charge in [-0.25, -0.2) is 0 Å². The topological polar surface area (TPSA) is 75.7 Å².